The second-order valence-electron chi connectivity index (χ2n) is 10.4. The Morgan fingerprint density at radius 2 is 1.79 bits per heavy atom. The monoisotopic (exact) mass is 566 g/mol. The minimum absolute atomic E-state index is 0.455. The molecule has 9 heteroatoms. The Bertz CT molecular complexity index is 1240. The van der Waals surface area contributed by atoms with E-state index in [0.717, 1.165) is 41.2 Å². The van der Waals surface area contributed by atoms with Gasteiger partial charge in [0, 0.05) is 41.0 Å². The van der Waals surface area contributed by atoms with Crippen molar-refractivity contribution in [1.82, 2.24) is 14.9 Å². The molecule has 2 aliphatic heterocycles. The molecule has 0 spiro atoms. The molecular weight excluding hydrogens is 528 g/mol. The summed E-state index contributed by atoms with van der Waals surface area (Å²) in [5, 5.41) is 7.68. The van der Waals surface area contributed by atoms with E-state index in [1.54, 1.807) is 18.0 Å². The van der Waals surface area contributed by atoms with Crippen molar-refractivity contribution in [3.8, 4) is 5.75 Å². The molecule has 0 atom stereocenters. The number of piperidine rings is 1. The lowest BCUT2D eigenvalue weighted by Crippen LogP contribution is -2.43. The summed E-state index contributed by atoms with van der Waals surface area (Å²) < 4.78 is 6.05. The van der Waals surface area contributed by atoms with Crippen molar-refractivity contribution >= 4 is 52.2 Å². The maximum Gasteiger partial charge on any atom is 0.229 e. The summed E-state index contributed by atoms with van der Waals surface area (Å²) >= 11 is 8.29. The van der Waals surface area contributed by atoms with E-state index in [1.165, 1.54) is 44.5 Å². The zero-order chi connectivity index (χ0) is 27.2. The fraction of sp³-hybridized carbons (Fsp3) is 0.467. The van der Waals surface area contributed by atoms with Crippen molar-refractivity contribution in [3.05, 3.63) is 53.7 Å². The number of nitrogens with zero attached hydrogens (tertiary/aromatic N) is 4. The fourth-order valence-electron chi connectivity index (χ4n) is 5.37. The molecule has 0 unspecified atom stereocenters. The number of benzene rings is 2. The smallest absolute Gasteiger partial charge is 0.229 e. The van der Waals surface area contributed by atoms with Gasteiger partial charge in [-0.25, -0.2) is 4.98 Å². The number of aromatic nitrogens is 2. The predicted molar refractivity (Wildman–Crippen MR) is 165 cm³/mol. The van der Waals surface area contributed by atoms with E-state index in [1.807, 2.05) is 25.1 Å². The average Bonchev–Trinajstić information content (AvgIpc) is 3.48. The fourth-order valence-corrected chi connectivity index (χ4v) is 6.42. The number of hydrogen-bond donors (Lipinski definition) is 2. The summed E-state index contributed by atoms with van der Waals surface area (Å²) in [5.41, 5.74) is 3.00. The van der Waals surface area contributed by atoms with Crippen LogP contribution in [-0.2, 0) is 0 Å². The molecular formula is C30H39ClN6OS. The van der Waals surface area contributed by atoms with Crippen LogP contribution in [0.5, 0.6) is 5.75 Å². The van der Waals surface area contributed by atoms with Gasteiger partial charge in [0.2, 0.25) is 5.95 Å². The molecule has 0 saturated carbocycles. The minimum atomic E-state index is 0.455. The molecule has 208 valence electrons. The van der Waals surface area contributed by atoms with Crippen molar-refractivity contribution in [3.63, 3.8) is 0 Å². The van der Waals surface area contributed by atoms with Gasteiger partial charge in [-0.05, 0) is 70.0 Å². The number of anilines is 5. The largest absolute Gasteiger partial charge is 0.492 e. The van der Waals surface area contributed by atoms with Crippen molar-refractivity contribution < 1.29 is 4.74 Å². The SMILES string of the molecule is CCOc1cc(N2CCC(N3CCCC3)CC2)ccc1Nc1ncc(Cl)c(Nc2ccccc2SC(C)C)n1. The van der Waals surface area contributed by atoms with Crippen LogP contribution in [0.3, 0.4) is 0 Å². The maximum atomic E-state index is 6.49. The standard InChI is InChI=1S/C30H39ClN6OS/c1-4-38-27-19-23(37-17-13-22(14-18-37)36-15-7-8-16-36)11-12-25(27)34-30-32-20-24(31)29(35-30)33-26-9-5-6-10-28(26)39-21(2)3/h5-6,9-12,19-22H,4,7-8,13-18H2,1-3H3,(H2,32,33,34,35). The molecule has 0 aliphatic carbocycles. The third-order valence-corrected chi connectivity index (χ3v) is 8.60. The number of likely N-dealkylation sites (tertiary alicyclic amines) is 1. The lowest BCUT2D eigenvalue weighted by atomic mass is 10.0. The molecule has 0 bridgehead atoms. The molecule has 7 nitrogen and oxygen atoms in total. The molecule has 0 radical (unpaired) electrons. The third kappa shape index (κ3) is 7.10. The van der Waals surface area contributed by atoms with Crippen molar-refractivity contribution in [2.24, 2.45) is 0 Å². The third-order valence-electron chi connectivity index (χ3n) is 7.25. The summed E-state index contributed by atoms with van der Waals surface area (Å²) in [4.78, 5) is 15.4. The molecule has 2 saturated heterocycles. The van der Waals surface area contributed by atoms with Crippen LogP contribution in [0.25, 0.3) is 0 Å². The molecule has 2 aliphatic rings. The summed E-state index contributed by atoms with van der Waals surface area (Å²) in [7, 11) is 0. The van der Waals surface area contributed by atoms with Crippen molar-refractivity contribution in [1.29, 1.82) is 0 Å². The Morgan fingerprint density at radius 3 is 2.54 bits per heavy atom. The van der Waals surface area contributed by atoms with Gasteiger partial charge in [-0.1, -0.05) is 37.6 Å². The topological polar surface area (TPSA) is 65.6 Å². The first-order valence-corrected chi connectivity index (χ1v) is 15.3. The van der Waals surface area contributed by atoms with Gasteiger partial charge in [-0.3, -0.25) is 0 Å². The molecule has 3 heterocycles. The van der Waals surface area contributed by atoms with Crippen LogP contribution in [0, 0.1) is 0 Å². The van der Waals surface area contributed by atoms with Gasteiger partial charge in [0.25, 0.3) is 0 Å². The highest BCUT2D eigenvalue weighted by molar-refractivity contribution is 8.00. The van der Waals surface area contributed by atoms with Crippen molar-refractivity contribution in [2.75, 3.05) is 48.3 Å². The minimum Gasteiger partial charge on any atom is -0.492 e. The Hall–Kier alpha value is -2.68. The zero-order valence-electron chi connectivity index (χ0n) is 23.1. The van der Waals surface area contributed by atoms with Crippen molar-refractivity contribution in [2.45, 2.75) is 62.6 Å². The lowest BCUT2D eigenvalue weighted by molar-refractivity contribution is 0.208. The molecule has 3 aromatic rings. The van der Waals surface area contributed by atoms with Crippen LogP contribution in [-0.4, -0.2) is 58.9 Å². The van der Waals surface area contributed by atoms with E-state index >= 15 is 0 Å². The van der Waals surface area contributed by atoms with Gasteiger partial charge < -0.3 is 25.2 Å². The van der Waals surface area contributed by atoms with Crippen LogP contribution in [0.4, 0.5) is 28.8 Å². The van der Waals surface area contributed by atoms with Gasteiger partial charge in [-0.15, -0.1) is 11.8 Å². The van der Waals surface area contributed by atoms with Crippen LogP contribution >= 0.6 is 23.4 Å². The maximum absolute atomic E-state index is 6.49. The van der Waals surface area contributed by atoms with E-state index in [4.69, 9.17) is 21.3 Å². The highest BCUT2D eigenvalue weighted by Crippen LogP contribution is 2.36. The zero-order valence-corrected chi connectivity index (χ0v) is 24.7. The number of hydrogen-bond acceptors (Lipinski definition) is 8. The Labute approximate surface area is 241 Å². The normalized spacial score (nSPS) is 16.6. The molecule has 2 fully saturated rings. The molecule has 39 heavy (non-hydrogen) atoms. The number of rotatable bonds is 10. The number of nitrogens with one attached hydrogen (secondary N) is 2. The van der Waals surface area contributed by atoms with E-state index in [2.05, 4.69) is 63.5 Å². The van der Waals surface area contributed by atoms with E-state index < -0.39 is 0 Å². The lowest BCUT2D eigenvalue weighted by Gasteiger charge is -2.38. The van der Waals surface area contributed by atoms with Crippen LogP contribution in [0.2, 0.25) is 5.02 Å². The predicted octanol–water partition coefficient (Wildman–Crippen LogP) is 7.58. The molecule has 2 N–H and O–H groups in total. The van der Waals surface area contributed by atoms with E-state index in [0.29, 0.717) is 28.6 Å². The van der Waals surface area contributed by atoms with Gasteiger partial charge >= 0.3 is 0 Å². The molecule has 1 aromatic heterocycles. The van der Waals surface area contributed by atoms with E-state index in [9.17, 15) is 0 Å². The van der Waals surface area contributed by atoms with E-state index in [-0.39, 0.29) is 0 Å². The van der Waals surface area contributed by atoms with Crippen LogP contribution < -0.4 is 20.3 Å². The van der Waals surface area contributed by atoms with Gasteiger partial charge in [0.15, 0.2) is 5.82 Å². The second-order valence-corrected chi connectivity index (χ2v) is 12.4. The average molecular weight is 567 g/mol. The van der Waals surface area contributed by atoms with Gasteiger partial charge in [0.05, 0.1) is 24.2 Å². The first-order chi connectivity index (χ1) is 19.0. The van der Waals surface area contributed by atoms with Crippen LogP contribution in [0.15, 0.2) is 53.6 Å². The molecule has 2 aromatic carbocycles. The first kappa shape index (κ1) is 27.9. The van der Waals surface area contributed by atoms with Gasteiger partial charge in [0.1, 0.15) is 10.8 Å². The highest BCUT2D eigenvalue weighted by Gasteiger charge is 2.27. The quantitative estimate of drug-likeness (QED) is 0.243. The summed E-state index contributed by atoms with van der Waals surface area (Å²) in [6, 6.07) is 15.3. The highest BCUT2D eigenvalue weighted by atomic mass is 35.5. The van der Waals surface area contributed by atoms with Gasteiger partial charge in [-0.2, -0.15) is 4.98 Å². The Kier molecular flexibility index (Phi) is 9.37. The number of halogens is 1. The second kappa shape index (κ2) is 13.1. The summed E-state index contributed by atoms with van der Waals surface area (Å²) in [6.45, 7) is 11.6. The molecule has 5 rings (SSSR count). The number of para-hydroxylation sites is 1. The Morgan fingerprint density at radius 1 is 1.03 bits per heavy atom. The number of thioether (sulfide) groups is 1. The van der Waals surface area contributed by atoms with Crippen LogP contribution in [0.1, 0.15) is 46.5 Å². The summed E-state index contributed by atoms with van der Waals surface area (Å²) in [6.07, 6.45) is 6.77. The summed E-state index contributed by atoms with van der Waals surface area (Å²) in [5.74, 6) is 1.81. The molecule has 0 amide bonds. The first-order valence-electron chi connectivity index (χ1n) is 14.1. The Balaban J connectivity index is 1.30. The number of ether oxygens (including phenoxy) is 1.